The number of aryl methyl sites for hydroxylation is 1. The van der Waals surface area contributed by atoms with Gasteiger partial charge < -0.3 is 9.64 Å². The van der Waals surface area contributed by atoms with Crippen molar-refractivity contribution in [3.05, 3.63) is 82.0 Å². The first-order chi connectivity index (χ1) is 14.3. The first-order valence-corrected chi connectivity index (χ1v) is 11.8. The van der Waals surface area contributed by atoms with E-state index in [-0.39, 0.29) is 17.3 Å². The van der Waals surface area contributed by atoms with Crippen LogP contribution in [0.25, 0.3) is 0 Å². The number of rotatable bonds is 9. The SMILES string of the molecule is Cc1cccc(OCCN(C)C(=O)c2cccc(S(=O)(=O)NCc3cccs3)c2)c1. The van der Waals surface area contributed by atoms with Gasteiger partial charge in [0.15, 0.2) is 0 Å². The molecule has 0 saturated heterocycles. The summed E-state index contributed by atoms with van der Waals surface area (Å²) in [6.45, 7) is 2.92. The molecule has 0 unspecified atom stereocenters. The molecule has 0 radical (unpaired) electrons. The Morgan fingerprint density at radius 1 is 1.10 bits per heavy atom. The molecule has 30 heavy (non-hydrogen) atoms. The molecule has 0 aliphatic heterocycles. The molecule has 2 aromatic carbocycles. The number of carbonyl (C=O) groups is 1. The normalized spacial score (nSPS) is 11.3. The van der Waals surface area contributed by atoms with Crippen LogP contribution in [0.5, 0.6) is 5.75 Å². The van der Waals surface area contributed by atoms with E-state index < -0.39 is 10.0 Å². The smallest absolute Gasteiger partial charge is 0.253 e. The fourth-order valence-electron chi connectivity index (χ4n) is 2.79. The number of benzene rings is 2. The van der Waals surface area contributed by atoms with Crippen LogP contribution in [-0.2, 0) is 16.6 Å². The highest BCUT2D eigenvalue weighted by Crippen LogP contribution is 2.16. The average molecular weight is 445 g/mol. The van der Waals surface area contributed by atoms with Crippen LogP contribution in [0.15, 0.2) is 70.9 Å². The predicted octanol–water partition coefficient (Wildman–Crippen LogP) is 3.69. The molecule has 0 fully saturated rings. The second-order valence-electron chi connectivity index (χ2n) is 6.82. The van der Waals surface area contributed by atoms with Crippen LogP contribution >= 0.6 is 11.3 Å². The summed E-state index contributed by atoms with van der Waals surface area (Å²) in [5.41, 5.74) is 1.41. The summed E-state index contributed by atoms with van der Waals surface area (Å²) in [7, 11) is -2.05. The lowest BCUT2D eigenvalue weighted by Gasteiger charge is -2.18. The van der Waals surface area contributed by atoms with Crippen molar-refractivity contribution in [1.82, 2.24) is 9.62 Å². The zero-order valence-electron chi connectivity index (χ0n) is 16.9. The van der Waals surface area contributed by atoms with Crippen LogP contribution in [0.4, 0.5) is 0 Å². The Balaban J connectivity index is 1.60. The van der Waals surface area contributed by atoms with E-state index in [2.05, 4.69) is 4.72 Å². The number of carbonyl (C=O) groups excluding carboxylic acids is 1. The maximum atomic E-state index is 12.7. The minimum Gasteiger partial charge on any atom is -0.492 e. The van der Waals surface area contributed by atoms with E-state index >= 15 is 0 Å². The summed E-state index contributed by atoms with van der Waals surface area (Å²) < 4.78 is 33.4. The van der Waals surface area contributed by atoms with Gasteiger partial charge in [-0.3, -0.25) is 4.79 Å². The van der Waals surface area contributed by atoms with Crippen molar-refractivity contribution in [3.8, 4) is 5.75 Å². The monoisotopic (exact) mass is 444 g/mol. The molecule has 3 rings (SSSR count). The van der Waals surface area contributed by atoms with Crippen molar-refractivity contribution in [3.63, 3.8) is 0 Å². The maximum absolute atomic E-state index is 12.7. The first kappa shape index (κ1) is 22.0. The zero-order chi connectivity index (χ0) is 21.6. The molecule has 3 aromatic rings. The quantitative estimate of drug-likeness (QED) is 0.546. The molecular weight excluding hydrogens is 420 g/mol. The van der Waals surface area contributed by atoms with Crippen molar-refractivity contribution in [2.24, 2.45) is 0 Å². The number of ether oxygens (including phenoxy) is 1. The molecule has 0 aliphatic rings. The molecule has 158 valence electrons. The van der Waals surface area contributed by atoms with E-state index in [1.807, 2.05) is 48.7 Å². The van der Waals surface area contributed by atoms with Crippen molar-refractivity contribution >= 4 is 27.3 Å². The highest BCUT2D eigenvalue weighted by Gasteiger charge is 2.18. The van der Waals surface area contributed by atoms with Crippen LogP contribution in [0, 0.1) is 6.92 Å². The molecule has 1 heterocycles. The molecular formula is C22H24N2O4S2. The fourth-order valence-corrected chi connectivity index (χ4v) is 4.57. The molecule has 1 N–H and O–H groups in total. The van der Waals surface area contributed by atoms with E-state index in [0.29, 0.717) is 18.7 Å². The Labute approximate surface area is 181 Å². The van der Waals surface area contributed by atoms with E-state index in [1.165, 1.54) is 28.4 Å². The van der Waals surface area contributed by atoms with Crippen molar-refractivity contribution in [2.75, 3.05) is 20.2 Å². The molecule has 0 atom stereocenters. The first-order valence-electron chi connectivity index (χ1n) is 9.42. The van der Waals surface area contributed by atoms with Gasteiger partial charge in [-0.15, -0.1) is 11.3 Å². The van der Waals surface area contributed by atoms with E-state index in [9.17, 15) is 13.2 Å². The highest BCUT2D eigenvalue weighted by atomic mass is 32.2. The molecule has 1 amide bonds. The minimum atomic E-state index is -3.71. The molecule has 0 aliphatic carbocycles. The summed E-state index contributed by atoms with van der Waals surface area (Å²) in [5.74, 6) is 0.485. The summed E-state index contributed by atoms with van der Waals surface area (Å²) in [6.07, 6.45) is 0. The second-order valence-corrected chi connectivity index (χ2v) is 9.62. The lowest BCUT2D eigenvalue weighted by atomic mass is 10.2. The van der Waals surface area contributed by atoms with Gasteiger partial charge in [-0.2, -0.15) is 0 Å². The zero-order valence-corrected chi connectivity index (χ0v) is 18.5. The van der Waals surface area contributed by atoms with Crippen LogP contribution in [-0.4, -0.2) is 39.4 Å². The molecule has 0 saturated carbocycles. The molecule has 0 spiro atoms. The standard InChI is InChI=1S/C22H24N2O4S2/c1-17-6-3-8-19(14-17)28-12-11-24(2)22(25)18-7-4-10-21(15-18)30(26,27)23-16-20-9-5-13-29-20/h3-10,13-15,23H,11-12,16H2,1-2H3. The Kier molecular flexibility index (Phi) is 7.25. The van der Waals surface area contributed by atoms with Crippen LogP contribution in [0.2, 0.25) is 0 Å². The molecule has 8 heteroatoms. The number of thiophene rings is 1. The van der Waals surface area contributed by atoms with Gasteiger partial charge in [0.2, 0.25) is 10.0 Å². The summed E-state index contributed by atoms with van der Waals surface area (Å²) in [4.78, 5) is 15.2. The number of hydrogen-bond acceptors (Lipinski definition) is 5. The number of hydrogen-bond donors (Lipinski definition) is 1. The van der Waals surface area contributed by atoms with E-state index in [4.69, 9.17) is 4.74 Å². The van der Waals surface area contributed by atoms with Crippen molar-refractivity contribution < 1.29 is 17.9 Å². The Bertz CT molecular complexity index is 1100. The van der Waals surface area contributed by atoms with Gasteiger partial charge >= 0.3 is 0 Å². The van der Waals surface area contributed by atoms with Gasteiger partial charge in [0, 0.05) is 24.0 Å². The summed E-state index contributed by atoms with van der Waals surface area (Å²) in [5, 5.41) is 1.89. The number of sulfonamides is 1. The van der Waals surface area contributed by atoms with Crippen LogP contribution in [0.1, 0.15) is 20.8 Å². The second kappa shape index (κ2) is 9.88. The topological polar surface area (TPSA) is 75.7 Å². The Hall–Kier alpha value is -2.68. The Morgan fingerprint density at radius 3 is 2.63 bits per heavy atom. The van der Waals surface area contributed by atoms with Gasteiger partial charge in [0.25, 0.3) is 5.91 Å². The van der Waals surface area contributed by atoms with Gasteiger partial charge in [-0.1, -0.05) is 24.3 Å². The fraction of sp³-hybridized carbons (Fsp3) is 0.227. The predicted molar refractivity (Wildman–Crippen MR) is 118 cm³/mol. The Morgan fingerprint density at radius 2 is 1.90 bits per heavy atom. The van der Waals surface area contributed by atoms with E-state index in [0.717, 1.165) is 16.2 Å². The third-order valence-electron chi connectivity index (χ3n) is 4.44. The third-order valence-corrected chi connectivity index (χ3v) is 6.71. The number of likely N-dealkylation sites (N-methyl/N-ethyl adjacent to an activating group) is 1. The summed E-state index contributed by atoms with van der Waals surface area (Å²) >= 11 is 1.48. The highest BCUT2D eigenvalue weighted by molar-refractivity contribution is 7.89. The third kappa shape index (κ3) is 5.91. The largest absolute Gasteiger partial charge is 0.492 e. The maximum Gasteiger partial charge on any atom is 0.253 e. The van der Waals surface area contributed by atoms with Crippen LogP contribution in [0.3, 0.4) is 0 Å². The molecule has 0 bridgehead atoms. The van der Waals surface area contributed by atoms with Crippen LogP contribution < -0.4 is 9.46 Å². The molecule has 6 nitrogen and oxygen atoms in total. The lowest BCUT2D eigenvalue weighted by Crippen LogP contribution is -2.31. The number of nitrogens with one attached hydrogen (secondary N) is 1. The van der Waals surface area contributed by atoms with Gasteiger partial charge in [0.1, 0.15) is 12.4 Å². The number of amides is 1. The summed E-state index contributed by atoms with van der Waals surface area (Å²) in [6, 6.07) is 17.5. The minimum absolute atomic E-state index is 0.0642. The van der Waals surface area contributed by atoms with Gasteiger partial charge in [-0.25, -0.2) is 13.1 Å². The van der Waals surface area contributed by atoms with E-state index in [1.54, 1.807) is 19.2 Å². The van der Waals surface area contributed by atoms with Crippen molar-refractivity contribution in [1.29, 1.82) is 0 Å². The molecule has 1 aromatic heterocycles. The van der Waals surface area contributed by atoms with Gasteiger partial charge in [-0.05, 0) is 54.3 Å². The number of nitrogens with zero attached hydrogens (tertiary/aromatic N) is 1. The van der Waals surface area contributed by atoms with Crippen molar-refractivity contribution in [2.45, 2.75) is 18.4 Å². The lowest BCUT2D eigenvalue weighted by molar-refractivity contribution is 0.0773. The van der Waals surface area contributed by atoms with Gasteiger partial charge in [0.05, 0.1) is 11.4 Å². The average Bonchev–Trinajstić information content (AvgIpc) is 3.26.